The molecule has 0 N–H and O–H groups in total. The molecule has 2 rings (SSSR count). The summed E-state index contributed by atoms with van der Waals surface area (Å²) in [6.07, 6.45) is 8.69. The maximum absolute atomic E-state index is 2.36. The van der Waals surface area contributed by atoms with Crippen molar-refractivity contribution in [3.63, 3.8) is 0 Å². The Morgan fingerprint density at radius 1 is 1.10 bits per heavy atom. The molecule has 0 aliphatic heterocycles. The Balaban J connectivity index is 2.03. The van der Waals surface area contributed by atoms with Gasteiger partial charge < -0.3 is 0 Å². The lowest BCUT2D eigenvalue weighted by Crippen LogP contribution is -1.93. The van der Waals surface area contributed by atoms with Crippen molar-refractivity contribution in [2.45, 2.75) is 45.4 Å². The van der Waals surface area contributed by atoms with E-state index >= 15 is 0 Å². The van der Waals surface area contributed by atoms with Gasteiger partial charge in [-0.3, -0.25) is 0 Å². The second-order valence-electron chi connectivity index (χ2n) is 3.79. The van der Waals surface area contributed by atoms with Gasteiger partial charge in [-0.15, -0.1) is 0 Å². The summed E-state index contributed by atoms with van der Waals surface area (Å²) in [7, 11) is 0. The van der Waals surface area contributed by atoms with Gasteiger partial charge in [0, 0.05) is 0 Å². The Morgan fingerprint density at radius 2 is 1.70 bits per heavy atom. The van der Waals surface area contributed by atoms with Crippen LogP contribution >= 0.6 is 0 Å². The molecule has 0 spiro atoms. The Bertz CT molecular complexity index is 157. The van der Waals surface area contributed by atoms with E-state index < -0.39 is 0 Å². The monoisotopic (exact) mass is 136 g/mol. The highest BCUT2D eigenvalue weighted by Crippen LogP contribution is 2.43. The SMILES string of the molecule is CC1CC1=C1CCCCC1. The van der Waals surface area contributed by atoms with Crippen molar-refractivity contribution in [3.05, 3.63) is 11.1 Å². The molecule has 0 heterocycles. The third-order valence-corrected chi connectivity index (χ3v) is 2.87. The highest BCUT2D eigenvalue weighted by atomic mass is 14.3. The molecule has 1 atom stereocenters. The van der Waals surface area contributed by atoms with Gasteiger partial charge in [-0.05, 0) is 38.0 Å². The van der Waals surface area contributed by atoms with Gasteiger partial charge in [-0.2, -0.15) is 0 Å². The van der Waals surface area contributed by atoms with Gasteiger partial charge in [-0.25, -0.2) is 0 Å². The lowest BCUT2D eigenvalue weighted by Gasteiger charge is -2.12. The van der Waals surface area contributed by atoms with E-state index in [1.807, 2.05) is 11.1 Å². The third-order valence-electron chi connectivity index (χ3n) is 2.87. The predicted molar refractivity (Wildman–Crippen MR) is 43.9 cm³/mol. The highest BCUT2D eigenvalue weighted by Gasteiger charge is 2.27. The van der Waals surface area contributed by atoms with Crippen LogP contribution in [0.15, 0.2) is 11.1 Å². The highest BCUT2D eigenvalue weighted by molar-refractivity contribution is 5.29. The quantitative estimate of drug-likeness (QED) is 0.448. The van der Waals surface area contributed by atoms with E-state index in [-0.39, 0.29) is 0 Å². The molecular formula is C10H16. The van der Waals surface area contributed by atoms with Crippen molar-refractivity contribution in [1.82, 2.24) is 0 Å². The lowest BCUT2D eigenvalue weighted by molar-refractivity contribution is 0.596. The summed E-state index contributed by atoms with van der Waals surface area (Å²) in [5.41, 5.74) is 3.65. The van der Waals surface area contributed by atoms with Crippen LogP contribution in [0.3, 0.4) is 0 Å². The van der Waals surface area contributed by atoms with Crippen LogP contribution in [0.2, 0.25) is 0 Å². The minimum atomic E-state index is 0.966. The number of hydrogen-bond acceptors (Lipinski definition) is 0. The zero-order valence-electron chi connectivity index (χ0n) is 6.82. The van der Waals surface area contributed by atoms with Crippen LogP contribution in [0, 0.1) is 5.92 Å². The smallest absolute Gasteiger partial charge is 0.0191 e. The average Bonchev–Trinajstić information content (AvgIpc) is 2.69. The first-order valence-corrected chi connectivity index (χ1v) is 4.58. The summed E-state index contributed by atoms with van der Waals surface area (Å²) >= 11 is 0. The van der Waals surface area contributed by atoms with Crippen LogP contribution in [0.4, 0.5) is 0 Å². The van der Waals surface area contributed by atoms with E-state index in [1.165, 1.54) is 38.5 Å². The van der Waals surface area contributed by atoms with Crippen LogP contribution in [0.25, 0.3) is 0 Å². The van der Waals surface area contributed by atoms with Crippen LogP contribution < -0.4 is 0 Å². The van der Waals surface area contributed by atoms with Crippen molar-refractivity contribution in [3.8, 4) is 0 Å². The largest absolute Gasteiger partial charge is 0.0707 e. The summed E-state index contributed by atoms with van der Waals surface area (Å²) in [4.78, 5) is 0. The molecule has 10 heavy (non-hydrogen) atoms. The fourth-order valence-electron chi connectivity index (χ4n) is 2.06. The summed E-state index contributed by atoms with van der Waals surface area (Å²) in [6.45, 7) is 2.36. The second kappa shape index (κ2) is 2.41. The fourth-order valence-corrected chi connectivity index (χ4v) is 2.06. The minimum Gasteiger partial charge on any atom is -0.0707 e. The van der Waals surface area contributed by atoms with Gasteiger partial charge in [-0.1, -0.05) is 24.5 Å². The van der Waals surface area contributed by atoms with Crippen molar-refractivity contribution in [2.24, 2.45) is 5.92 Å². The summed E-state index contributed by atoms with van der Waals surface area (Å²) in [5, 5.41) is 0. The number of allylic oxidation sites excluding steroid dienone is 2. The van der Waals surface area contributed by atoms with Crippen LogP contribution in [-0.2, 0) is 0 Å². The van der Waals surface area contributed by atoms with Gasteiger partial charge in [0.1, 0.15) is 0 Å². The molecule has 2 aliphatic rings. The van der Waals surface area contributed by atoms with Crippen molar-refractivity contribution >= 4 is 0 Å². The fraction of sp³-hybridized carbons (Fsp3) is 0.800. The third kappa shape index (κ3) is 1.12. The van der Waals surface area contributed by atoms with E-state index in [4.69, 9.17) is 0 Å². The lowest BCUT2D eigenvalue weighted by atomic mass is 9.94. The molecule has 0 aromatic rings. The molecule has 2 saturated carbocycles. The van der Waals surface area contributed by atoms with E-state index in [2.05, 4.69) is 6.92 Å². The first-order chi connectivity index (χ1) is 4.88. The molecule has 1 unspecified atom stereocenters. The predicted octanol–water partition coefficient (Wildman–Crippen LogP) is 3.29. The van der Waals surface area contributed by atoms with Crippen LogP contribution in [-0.4, -0.2) is 0 Å². The Kier molecular flexibility index (Phi) is 1.55. The summed E-state index contributed by atoms with van der Waals surface area (Å²) in [5.74, 6) is 0.966. The van der Waals surface area contributed by atoms with E-state index in [9.17, 15) is 0 Å². The Morgan fingerprint density at radius 3 is 2.20 bits per heavy atom. The summed E-state index contributed by atoms with van der Waals surface area (Å²) in [6, 6.07) is 0. The Hall–Kier alpha value is -0.260. The first kappa shape index (κ1) is 6.45. The molecule has 0 heteroatoms. The van der Waals surface area contributed by atoms with Crippen molar-refractivity contribution in [1.29, 1.82) is 0 Å². The van der Waals surface area contributed by atoms with Gasteiger partial charge in [0.2, 0.25) is 0 Å². The molecule has 56 valence electrons. The normalized spacial score (nSPS) is 32.7. The van der Waals surface area contributed by atoms with Crippen LogP contribution in [0.1, 0.15) is 45.4 Å². The molecule has 0 aromatic heterocycles. The zero-order chi connectivity index (χ0) is 6.97. The average molecular weight is 136 g/mol. The van der Waals surface area contributed by atoms with Gasteiger partial charge in [0.15, 0.2) is 0 Å². The molecule has 0 amide bonds. The molecule has 2 aliphatic carbocycles. The first-order valence-electron chi connectivity index (χ1n) is 4.58. The van der Waals surface area contributed by atoms with E-state index in [0.29, 0.717) is 0 Å². The standard InChI is InChI=1S/C10H16/c1-8-7-10(8)9-5-3-2-4-6-9/h8H,2-7H2,1H3. The zero-order valence-corrected chi connectivity index (χ0v) is 6.82. The molecule has 2 fully saturated rings. The summed E-state index contributed by atoms with van der Waals surface area (Å²) < 4.78 is 0. The molecule has 0 radical (unpaired) electrons. The topological polar surface area (TPSA) is 0 Å². The Labute approximate surface area is 63.3 Å². The van der Waals surface area contributed by atoms with Gasteiger partial charge >= 0.3 is 0 Å². The second-order valence-corrected chi connectivity index (χ2v) is 3.79. The molecule has 0 saturated heterocycles. The maximum Gasteiger partial charge on any atom is -0.0191 e. The molecule has 0 nitrogen and oxygen atoms in total. The molecule has 0 aromatic carbocycles. The van der Waals surface area contributed by atoms with Crippen molar-refractivity contribution < 1.29 is 0 Å². The number of rotatable bonds is 0. The molecule has 0 bridgehead atoms. The van der Waals surface area contributed by atoms with Gasteiger partial charge in [0.25, 0.3) is 0 Å². The molecular weight excluding hydrogens is 120 g/mol. The van der Waals surface area contributed by atoms with Crippen LogP contribution in [0.5, 0.6) is 0 Å². The maximum atomic E-state index is 2.36. The number of hydrogen-bond donors (Lipinski definition) is 0. The van der Waals surface area contributed by atoms with E-state index in [1.54, 1.807) is 0 Å². The van der Waals surface area contributed by atoms with E-state index in [0.717, 1.165) is 5.92 Å². The minimum absolute atomic E-state index is 0.966. The van der Waals surface area contributed by atoms with Crippen molar-refractivity contribution in [2.75, 3.05) is 0 Å². The van der Waals surface area contributed by atoms with Gasteiger partial charge in [0.05, 0.1) is 0 Å².